The summed E-state index contributed by atoms with van der Waals surface area (Å²) >= 11 is 0. The summed E-state index contributed by atoms with van der Waals surface area (Å²) in [5.41, 5.74) is 0. The Morgan fingerprint density at radius 1 is 0.519 bits per heavy atom. The van der Waals surface area contributed by atoms with Crippen LogP contribution < -0.4 is 0 Å². The Labute approximate surface area is 192 Å². The van der Waals surface area contributed by atoms with Gasteiger partial charge in [0.25, 0.3) is 0 Å². The van der Waals surface area contributed by atoms with Crippen molar-refractivity contribution in [1.82, 2.24) is 0 Å². The largest absolute Gasteiger partial charge is 0.514 e. The number of hydrogen-bond donors (Lipinski definition) is 0. The molecule has 6 nitrogen and oxygen atoms in total. The first-order valence-corrected chi connectivity index (χ1v) is 20.5. The molecule has 0 bridgehead atoms. The van der Waals surface area contributed by atoms with Crippen molar-refractivity contribution in [3.63, 3.8) is 0 Å². The molecule has 0 heterocycles. The van der Waals surface area contributed by atoms with Crippen molar-refractivity contribution in [1.29, 1.82) is 0 Å². The minimum absolute atomic E-state index is 0.198. The molecule has 15 heteroatoms. The normalized spacial score (nSPS) is 15.1. The van der Waals surface area contributed by atoms with Gasteiger partial charge in [0.2, 0.25) is 0 Å². The molecule has 27 heavy (non-hydrogen) atoms. The summed E-state index contributed by atoms with van der Waals surface area (Å²) in [4.78, 5) is 0.396. The zero-order chi connectivity index (χ0) is 20.8. The SMILES string of the molecule is CCC(SSSSSSSC(CC)[Si](OC)(OC)OC)[Si](OC)(OC)OC. The molecule has 0 saturated carbocycles. The molecule has 2 unspecified atom stereocenters. The van der Waals surface area contributed by atoms with Crippen molar-refractivity contribution in [3.05, 3.63) is 0 Å². The van der Waals surface area contributed by atoms with Crippen LogP contribution in [0, 0.1) is 0 Å². The van der Waals surface area contributed by atoms with Crippen LogP contribution in [0.2, 0.25) is 0 Å². The lowest BCUT2D eigenvalue weighted by Gasteiger charge is -2.30. The Kier molecular flexibility index (Phi) is 18.9. The van der Waals surface area contributed by atoms with Crippen molar-refractivity contribution in [2.75, 3.05) is 42.7 Å². The van der Waals surface area contributed by atoms with Gasteiger partial charge in [-0.2, -0.15) is 0 Å². The first-order chi connectivity index (χ1) is 13.0. The van der Waals surface area contributed by atoms with Crippen LogP contribution in [0.1, 0.15) is 26.7 Å². The molecule has 0 amide bonds. The smallest absolute Gasteiger partial charge is 0.376 e. The topological polar surface area (TPSA) is 55.4 Å². The fourth-order valence-corrected chi connectivity index (χ4v) is 27.1. The lowest BCUT2D eigenvalue weighted by molar-refractivity contribution is 0.121. The van der Waals surface area contributed by atoms with Gasteiger partial charge < -0.3 is 26.6 Å². The van der Waals surface area contributed by atoms with E-state index in [-0.39, 0.29) is 9.75 Å². The third-order valence-electron chi connectivity index (χ3n) is 3.66. The van der Waals surface area contributed by atoms with E-state index >= 15 is 0 Å². The molecule has 0 aliphatic rings. The maximum atomic E-state index is 5.59. The van der Waals surface area contributed by atoms with Crippen molar-refractivity contribution in [2.24, 2.45) is 0 Å². The predicted octanol–water partition coefficient (Wildman–Crippen LogP) is 6.00. The molecule has 0 aromatic carbocycles. The molecule has 0 aliphatic heterocycles. The van der Waals surface area contributed by atoms with E-state index in [0.717, 1.165) is 12.8 Å². The minimum Gasteiger partial charge on any atom is -0.376 e. The first kappa shape index (κ1) is 29.6. The Morgan fingerprint density at radius 2 is 0.778 bits per heavy atom. The fourth-order valence-electron chi connectivity index (χ4n) is 2.20. The molecule has 0 saturated heterocycles. The van der Waals surface area contributed by atoms with Crippen molar-refractivity contribution < 1.29 is 26.6 Å². The van der Waals surface area contributed by atoms with Gasteiger partial charge in [-0.3, -0.25) is 0 Å². The molecular weight excluding hydrogens is 521 g/mol. The van der Waals surface area contributed by atoms with Gasteiger partial charge in [-0.25, -0.2) is 0 Å². The molecular formula is C12H30O6S7Si2. The molecule has 0 rings (SSSR count). The quantitative estimate of drug-likeness (QED) is 0.114. The van der Waals surface area contributed by atoms with E-state index < -0.39 is 17.6 Å². The summed E-state index contributed by atoms with van der Waals surface area (Å²) in [6, 6.07) is 0. The maximum absolute atomic E-state index is 5.59. The van der Waals surface area contributed by atoms with Crippen LogP contribution in [-0.2, 0) is 26.6 Å². The summed E-state index contributed by atoms with van der Waals surface area (Å²) in [5.74, 6) is 0. The van der Waals surface area contributed by atoms with Gasteiger partial charge in [-0.1, -0.05) is 35.4 Å². The Hall–Kier alpha value is 2.64. The molecule has 0 aromatic rings. The van der Waals surface area contributed by atoms with E-state index in [2.05, 4.69) is 13.8 Å². The second-order valence-corrected chi connectivity index (χ2v) is 23.4. The first-order valence-electron chi connectivity index (χ1n) is 7.95. The van der Waals surface area contributed by atoms with Crippen molar-refractivity contribution in [2.45, 2.75) is 36.4 Å². The second kappa shape index (κ2) is 17.2. The van der Waals surface area contributed by atoms with E-state index in [1.165, 1.54) is 0 Å². The summed E-state index contributed by atoms with van der Waals surface area (Å²) in [6.45, 7) is 4.25. The summed E-state index contributed by atoms with van der Waals surface area (Å²) < 4.78 is 33.5. The zero-order valence-corrected chi connectivity index (χ0v) is 24.6. The van der Waals surface area contributed by atoms with Gasteiger partial charge in [-0.05, 0) is 62.0 Å². The molecule has 0 N–H and O–H groups in total. The van der Waals surface area contributed by atoms with Crippen LogP contribution in [0.4, 0.5) is 0 Å². The minimum atomic E-state index is -2.61. The molecule has 0 radical (unpaired) electrons. The lowest BCUT2D eigenvalue weighted by atomic mass is 10.6. The third kappa shape index (κ3) is 9.35. The van der Waals surface area contributed by atoms with E-state index in [4.69, 9.17) is 26.6 Å². The van der Waals surface area contributed by atoms with E-state index in [0.29, 0.717) is 0 Å². The van der Waals surface area contributed by atoms with Crippen molar-refractivity contribution in [3.8, 4) is 0 Å². The van der Waals surface area contributed by atoms with Gasteiger partial charge >= 0.3 is 17.6 Å². The molecule has 164 valence electrons. The average molecular weight is 551 g/mol. The van der Waals surface area contributed by atoms with Gasteiger partial charge in [0.15, 0.2) is 0 Å². The van der Waals surface area contributed by atoms with Crippen LogP contribution in [-0.4, -0.2) is 70.0 Å². The highest BCUT2D eigenvalue weighted by Gasteiger charge is 2.48. The second-order valence-electron chi connectivity index (χ2n) is 4.76. The van der Waals surface area contributed by atoms with Gasteiger partial charge in [0.1, 0.15) is 0 Å². The fraction of sp³-hybridized carbons (Fsp3) is 1.00. The van der Waals surface area contributed by atoms with Gasteiger partial charge in [0, 0.05) is 42.7 Å². The number of hydrogen-bond acceptors (Lipinski definition) is 13. The molecule has 0 spiro atoms. The molecule has 0 aromatic heterocycles. The highest BCUT2D eigenvalue weighted by atomic mass is 33.9. The summed E-state index contributed by atoms with van der Waals surface area (Å²) in [7, 11) is 16.9. The van der Waals surface area contributed by atoms with Crippen LogP contribution >= 0.6 is 70.7 Å². The zero-order valence-electron chi connectivity index (χ0n) is 16.9. The highest BCUT2D eigenvalue weighted by Crippen LogP contribution is 2.57. The highest BCUT2D eigenvalue weighted by molar-refractivity contribution is 9.46. The summed E-state index contributed by atoms with van der Waals surface area (Å²) in [5, 5.41) is 0. The molecule has 0 fully saturated rings. The molecule has 0 aliphatic carbocycles. The lowest BCUT2D eigenvalue weighted by Crippen LogP contribution is -2.52. The van der Waals surface area contributed by atoms with E-state index in [9.17, 15) is 0 Å². The van der Waals surface area contributed by atoms with Gasteiger partial charge in [0.05, 0.1) is 9.75 Å². The maximum Gasteiger partial charge on any atom is 0.514 e. The third-order valence-corrected chi connectivity index (χ3v) is 26.4. The average Bonchev–Trinajstić information content (AvgIpc) is 2.72. The van der Waals surface area contributed by atoms with E-state index in [1.54, 1.807) is 113 Å². The number of rotatable bonds is 18. The van der Waals surface area contributed by atoms with Crippen LogP contribution in [0.25, 0.3) is 0 Å². The van der Waals surface area contributed by atoms with Crippen LogP contribution in [0.15, 0.2) is 0 Å². The standard InChI is InChI=1S/C12H30O6S7Si2/c1-9-11(26(13-3,14-4)15-5)19-21-23-25-24-22-20-12(10-2)27(16-6,17-7)18-8/h11-12H,9-10H2,1-8H3. The molecule has 2 atom stereocenters. The van der Waals surface area contributed by atoms with Gasteiger partial charge in [-0.15, -0.1) is 0 Å². The predicted molar refractivity (Wildman–Crippen MR) is 135 cm³/mol. The Morgan fingerprint density at radius 3 is 1.00 bits per heavy atom. The van der Waals surface area contributed by atoms with E-state index in [1.807, 2.05) is 0 Å². The van der Waals surface area contributed by atoms with Crippen LogP contribution in [0.3, 0.4) is 0 Å². The Bertz CT molecular complexity index is 321. The van der Waals surface area contributed by atoms with Crippen molar-refractivity contribution >= 4 is 88.3 Å². The summed E-state index contributed by atoms with van der Waals surface area (Å²) in [6.07, 6.45) is 1.86. The Balaban J connectivity index is 4.22. The monoisotopic (exact) mass is 550 g/mol. The van der Waals surface area contributed by atoms with Crippen LogP contribution in [0.5, 0.6) is 0 Å².